The number of hydrogen-bond acceptors (Lipinski definition) is 5. The van der Waals surface area contributed by atoms with Gasteiger partial charge >= 0.3 is 6.09 Å². The Morgan fingerprint density at radius 3 is 2.36 bits per heavy atom. The van der Waals surface area contributed by atoms with E-state index in [0.29, 0.717) is 43.1 Å². The van der Waals surface area contributed by atoms with Crippen LogP contribution in [0.5, 0.6) is 0 Å². The third-order valence-corrected chi connectivity index (χ3v) is 9.16. The first-order valence-corrected chi connectivity index (χ1v) is 14.3. The molecule has 1 aliphatic heterocycles. The number of nitrogens with one attached hydrogen (secondary N) is 1. The summed E-state index contributed by atoms with van der Waals surface area (Å²) in [5.74, 6) is -0.354. The van der Waals surface area contributed by atoms with Crippen LogP contribution in [0.2, 0.25) is 0 Å². The van der Waals surface area contributed by atoms with Crippen molar-refractivity contribution in [3.63, 3.8) is 0 Å². The van der Waals surface area contributed by atoms with E-state index in [2.05, 4.69) is 35.4 Å². The number of halogens is 1. The second-order valence-corrected chi connectivity index (χ2v) is 13.0. The maximum absolute atomic E-state index is 13.2. The number of benzene rings is 2. The van der Waals surface area contributed by atoms with Crippen molar-refractivity contribution in [3.05, 3.63) is 77.7 Å². The minimum absolute atomic E-state index is 0.0212. The lowest BCUT2D eigenvalue weighted by Gasteiger charge is -2.54. The number of hydrogen-bond donors (Lipinski definition) is 2. The molecule has 1 saturated heterocycles. The van der Waals surface area contributed by atoms with E-state index in [9.17, 15) is 22.7 Å². The topological polar surface area (TPSA) is 103 Å². The van der Waals surface area contributed by atoms with Gasteiger partial charge in [-0.05, 0) is 78.9 Å². The standard InChI is InChI=1S/C29H35FN4O4S/c1-20-16-24(32-39(37,38)25-12-13-26(31-17-25)21-6-9-23(30)10-7-21)11-8-22(20)18-33-14-15-34(27(35)36)29(5,19-33)28(2,3)4/h6-13,16-17,32H,14-15,18-19H2,1-5H3,(H,35,36)/t29-/m1/s1. The molecule has 1 aromatic heterocycles. The minimum Gasteiger partial charge on any atom is -0.465 e. The lowest BCUT2D eigenvalue weighted by molar-refractivity contribution is -0.0462. The molecule has 8 nitrogen and oxygen atoms in total. The molecule has 1 amide bonds. The van der Waals surface area contributed by atoms with Crippen LogP contribution in [-0.4, -0.2) is 59.6 Å². The number of nitrogens with zero attached hydrogens (tertiary/aromatic N) is 3. The molecule has 4 rings (SSSR count). The molecule has 208 valence electrons. The maximum Gasteiger partial charge on any atom is 0.407 e. The van der Waals surface area contributed by atoms with E-state index in [1.807, 2.05) is 19.9 Å². The Hall–Kier alpha value is -3.50. The van der Waals surface area contributed by atoms with Crippen LogP contribution in [-0.2, 0) is 16.6 Å². The molecule has 10 heteroatoms. The van der Waals surface area contributed by atoms with Crippen LogP contribution < -0.4 is 4.72 Å². The Balaban J connectivity index is 1.46. The van der Waals surface area contributed by atoms with Crippen molar-refractivity contribution >= 4 is 21.8 Å². The lowest BCUT2D eigenvalue weighted by Crippen LogP contribution is -2.67. The number of carbonyl (C=O) groups is 1. The minimum atomic E-state index is -3.87. The highest BCUT2D eigenvalue weighted by Crippen LogP contribution is 2.39. The number of carboxylic acid groups (broad SMARTS) is 1. The number of aromatic nitrogens is 1. The van der Waals surface area contributed by atoms with Gasteiger partial charge in [0.2, 0.25) is 0 Å². The van der Waals surface area contributed by atoms with Crippen molar-refractivity contribution in [1.29, 1.82) is 0 Å². The van der Waals surface area contributed by atoms with Crippen LogP contribution in [0.3, 0.4) is 0 Å². The Bertz CT molecular complexity index is 1450. The third-order valence-electron chi connectivity index (χ3n) is 7.79. The van der Waals surface area contributed by atoms with Gasteiger partial charge in [0.1, 0.15) is 10.7 Å². The van der Waals surface area contributed by atoms with Crippen LogP contribution in [0.15, 0.2) is 65.7 Å². The number of amides is 1. The molecule has 0 bridgehead atoms. The zero-order valence-corrected chi connectivity index (χ0v) is 23.7. The summed E-state index contributed by atoms with van der Waals surface area (Å²) >= 11 is 0. The first-order chi connectivity index (χ1) is 18.2. The average Bonchev–Trinajstić information content (AvgIpc) is 2.85. The second kappa shape index (κ2) is 10.6. The lowest BCUT2D eigenvalue weighted by atomic mass is 9.72. The summed E-state index contributed by atoms with van der Waals surface area (Å²) in [4.78, 5) is 20.0. The van der Waals surface area contributed by atoms with Gasteiger partial charge in [-0.25, -0.2) is 17.6 Å². The first-order valence-electron chi connectivity index (χ1n) is 12.8. The van der Waals surface area contributed by atoms with Crippen molar-refractivity contribution in [2.75, 3.05) is 24.4 Å². The van der Waals surface area contributed by atoms with Crippen molar-refractivity contribution in [1.82, 2.24) is 14.8 Å². The molecular formula is C29H35FN4O4S. The van der Waals surface area contributed by atoms with Crippen molar-refractivity contribution in [2.24, 2.45) is 5.41 Å². The molecule has 1 atom stereocenters. The van der Waals surface area contributed by atoms with Gasteiger partial charge in [-0.15, -0.1) is 0 Å². The van der Waals surface area contributed by atoms with Gasteiger partial charge < -0.3 is 5.11 Å². The van der Waals surface area contributed by atoms with Crippen LogP contribution in [0.4, 0.5) is 14.9 Å². The first kappa shape index (κ1) is 28.5. The molecule has 3 aromatic rings. The van der Waals surface area contributed by atoms with E-state index < -0.39 is 21.7 Å². The summed E-state index contributed by atoms with van der Waals surface area (Å²) in [5.41, 5.74) is 2.83. The Morgan fingerprint density at radius 2 is 1.79 bits per heavy atom. The fourth-order valence-corrected chi connectivity index (χ4v) is 5.89. The highest BCUT2D eigenvalue weighted by atomic mass is 32.2. The molecule has 0 aliphatic carbocycles. The van der Waals surface area contributed by atoms with Gasteiger partial charge in [-0.3, -0.25) is 19.5 Å². The summed E-state index contributed by atoms with van der Waals surface area (Å²) in [6, 6.07) is 14.3. The molecule has 1 fully saturated rings. The van der Waals surface area contributed by atoms with Gasteiger partial charge in [0.25, 0.3) is 10.0 Å². The predicted octanol–water partition coefficient (Wildman–Crippen LogP) is 5.60. The van der Waals surface area contributed by atoms with Crippen LogP contribution in [0.1, 0.15) is 38.8 Å². The monoisotopic (exact) mass is 554 g/mol. The quantitative estimate of drug-likeness (QED) is 0.411. The molecule has 0 radical (unpaired) electrons. The molecular weight excluding hydrogens is 519 g/mol. The van der Waals surface area contributed by atoms with Gasteiger partial charge in [0, 0.05) is 43.6 Å². The van der Waals surface area contributed by atoms with E-state index >= 15 is 0 Å². The fraction of sp³-hybridized carbons (Fsp3) is 0.379. The zero-order valence-electron chi connectivity index (χ0n) is 22.9. The van der Waals surface area contributed by atoms with Gasteiger partial charge in [-0.1, -0.05) is 26.8 Å². The summed E-state index contributed by atoms with van der Waals surface area (Å²) in [6.07, 6.45) is 0.380. The maximum atomic E-state index is 13.2. The smallest absolute Gasteiger partial charge is 0.407 e. The van der Waals surface area contributed by atoms with Gasteiger partial charge in [0.15, 0.2) is 0 Å². The number of anilines is 1. The molecule has 1 aliphatic rings. The summed E-state index contributed by atoms with van der Waals surface area (Å²) in [7, 11) is -3.87. The Morgan fingerprint density at radius 1 is 1.10 bits per heavy atom. The molecule has 2 heterocycles. The van der Waals surface area contributed by atoms with E-state index in [1.54, 1.807) is 35.2 Å². The van der Waals surface area contributed by atoms with Crippen LogP contribution in [0.25, 0.3) is 11.3 Å². The fourth-order valence-electron chi connectivity index (χ4n) is 4.89. The number of pyridine rings is 1. The zero-order chi connectivity index (χ0) is 28.6. The van der Waals surface area contributed by atoms with Crippen molar-refractivity contribution in [3.8, 4) is 11.3 Å². The largest absolute Gasteiger partial charge is 0.465 e. The highest BCUT2D eigenvalue weighted by Gasteiger charge is 2.48. The van der Waals surface area contributed by atoms with E-state index in [1.165, 1.54) is 24.4 Å². The molecule has 2 N–H and O–H groups in total. The van der Waals surface area contributed by atoms with Crippen molar-refractivity contribution in [2.45, 2.75) is 51.6 Å². The summed E-state index contributed by atoms with van der Waals surface area (Å²) in [5, 5.41) is 9.77. The van der Waals surface area contributed by atoms with Crippen LogP contribution >= 0.6 is 0 Å². The number of sulfonamides is 1. The molecule has 0 spiro atoms. The van der Waals surface area contributed by atoms with Crippen molar-refractivity contribution < 1.29 is 22.7 Å². The van der Waals surface area contributed by atoms with Gasteiger partial charge in [-0.2, -0.15) is 0 Å². The van der Waals surface area contributed by atoms with E-state index in [-0.39, 0.29) is 16.1 Å². The van der Waals surface area contributed by atoms with Crippen LogP contribution in [0, 0.1) is 18.2 Å². The third kappa shape index (κ3) is 6.07. The number of aryl methyl sites for hydroxylation is 1. The molecule has 39 heavy (non-hydrogen) atoms. The normalized spacial score (nSPS) is 18.7. The summed E-state index contributed by atoms with van der Waals surface area (Å²) in [6.45, 7) is 12.4. The number of rotatable bonds is 6. The predicted molar refractivity (Wildman–Crippen MR) is 149 cm³/mol. The van der Waals surface area contributed by atoms with Gasteiger partial charge in [0.05, 0.1) is 11.2 Å². The summed E-state index contributed by atoms with van der Waals surface area (Å²) < 4.78 is 41.8. The number of piperazine rings is 1. The Labute approximate surface area is 229 Å². The average molecular weight is 555 g/mol. The SMILES string of the molecule is Cc1cc(NS(=O)(=O)c2ccc(-c3ccc(F)cc3)nc2)ccc1CN1CCN(C(=O)O)[C@@](C)(C(C)(C)C)C1. The van der Waals surface area contributed by atoms with E-state index in [0.717, 1.165) is 11.1 Å². The molecule has 0 saturated carbocycles. The van der Waals surface area contributed by atoms with E-state index in [4.69, 9.17) is 0 Å². The Kier molecular flexibility index (Phi) is 7.73. The molecule has 2 aromatic carbocycles. The molecule has 0 unspecified atom stereocenters. The second-order valence-electron chi connectivity index (χ2n) is 11.3. The highest BCUT2D eigenvalue weighted by molar-refractivity contribution is 7.92.